The van der Waals surface area contributed by atoms with Crippen molar-refractivity contribution in [1.29, 1.82) is 0 Å². The number of aromatic nitrogens is 1. The van der Waals surface area contributed by atoms with Gasteiger partial charge in [0.15, 0.2) is 0 Å². The number of hydrogen-bond acceptors (Lipinski definition) is 5. The van der Waals surface area contributed by atoms with E-state index in [-0.39, 0.29) is 11.7 Å². The van der Waals surface area contributed by atoms with Crippen molar-refractivity contribution >= 4 is 23.3 Å². The summed E-state index contributed by atoms with van der Waals surface area (Å²) in [5, 5.41) is 2.81. The van der Waals surface area contributed by atoms with Crippen molar-refractivity contribution in [3.8, 4) is 5.75 Å². The maximum Gasteiger partial charge on any atom is 0.255 e. The first-order valence-corrected chi connectivity index (χ1v) is 9.13. The summed E-state index contributed by atoms with van der Waals surface area (Å²) in [6.45, 7) is 0.327. The first-order chi connectivity index (χ1) is 14.1. The highest BCUT2D eigenvalue weighted by molar-refractivity contribution is 6.04. The number of nitrogens with zero attached hydrogens (tertiary/aromatic N) is 2. The Labute approximate surface area is 168 Å². The molecular weight excluding hydrogens is 368 g/mol. The fourth-order valence-electron chi connectivity index (χ4n) is 3.55. The van der Waals surface area contributed by atoms with E-state index in [0.29, 0.717) is 29.1 Å². The highest BCUT2D eigenvalue weighted by atomic mass is 16.5. The number of carbonyl (C=O) groups excluding carboxylic acids is 2. The lowest BCUT2D eigenvalue weighted by molar-refractivity contribution is -0.120. The molecule has 0 fully saturated rings. The van der Waals surface area contributed by atoms with E-state index in [1.54, 1.807) is 41.4 Å². The van der Waals surface area contributed by atoms with Gasteiger partial charge in [0, 0.05) is 23.9 Å². The Morgan fingerprint density at radius 3 is 2.66 bits per heavy atom. The van der Waals surface area contributed by atoms with Crippen LogP contribution in [0.1, 0.15) is 27.5 Å². The van der Waals surface area contributed by atoms with Gasteiger partial charge in [0.2, 0.25) is 0 Å². The molecule has 1 unspecified atom stereocenters. The van der Waals surface area contributed by atoms with E-state index >= 15 is 0 Å². The van der Waals surface area contributed by atoms with E-state index in [9.17, 15) is 9.59 Å². The van der Waals surface area contributed by atoms with Gasteiger partial charge in [0.05, 0.1) is 12.8 Å². The number of nitrogen functional groups attached to an aromatic ring is 1. The van der Waals surface area contributed by atoms with Gasteiger partial charge in [-0.1, -0.05) is 36.4 Å². The van der Waals surface area contributed by atoms with Crippen molar-refractivity contribution in [3.05, 3.63) is 83.6 Å². The topological polar surface area (TPSA) is 97.5 Å². The average Bonchev–Trinajstić information content (AvgIpc) is 3.07. The largest absolute Gasteiger partial charge is 0.496 e. The van der Waals surface area contributed by atoms with Crippen molar-refractivity contribution in [2.75, 3.05) is 18.2 Å². The second-order valence-electron chi connectivity index (χ2n) is 6.66. The van der Waals surface area contributed by atoms with Crippen LogP contribution in [0.3, 0.4) is 0 Å². The Morgan fingerprint density at radius 2 is 1.90 bits per heavy atom. The average molecular weight is 388 g/mol. The number of carbonyl (C=O) groups is 2. The molecule has 1 aliphatic heterocycles. The van der Waals surface area contributed by atoms with Crippen molar-refractivity contribution in [3.63, 3.8) is 0 Å². The number of pyridine rings is 1. The molecule has 2 aromatic carbocycles. The molecule has 0 bridgehead atoms. The van der Waals surface area contributed by atoms with E-state index < -0.39 is 11.9 Å². The number of amides is 2. The number of methoxy groups -OCH3 is 1. The van der Waals surface area contributed by atoms with Gasteiger partial charge in [-0.15, -0.1) is 0 Å². The summed E-state index contributed by atoms with van der Waals surface area (Å²) in [6.07, 6.45) is 1.54. The highest BCUT2D eigenvalue weighted by Crippen LogP contribution is 2.36. The molecule has 7 heteroatoms. The Hall–Kier alpha value is -3.87. The van der Waals surface area contributed by atoms with Gasteiger partial charge in [0.1, 0.15) is 17.6 Å². The van der Waals surface area contributed by atoms with Gasteiger partial charge in [-0.25, -0.2) is 4.98 Å². The molecule has 0 saturated carbocycles. The summed E-state index contributed by atoms with van der Waals surface area (Å²) >= 11 is 0. The number of rotatable bonds is 5. The van der Waals surface area contributed by atoms with Gasteiger partial charge in [-0.05, 0) is 29.8 Å². The zero-order chi connectivity index (χ0) is 20.4. The molecule has 0 radical (unpaired) electrons. The second kappa shape index (κ2) is 7.63. The second-order valence-corrected chi connectivity index (χ2v) is 6.66. The van der Waals surface area contributed by atoms with E-state index in [0.717, 1.165) is 5.56 Å². The molecule has 3 aromatic rings. The summed E-state index contributed by atoms with van der Waals surface area (Å²) in [5.74, 6) is 0.132. The van der Waals surface area contributed by atoms with Gasteiger partial charge >= 0.3 is 0 Å². The molecule has 1 aromatic heterocycles. The summed E-state index contributed by atoms with van der Waals surface area (Å²) in [7, 11) is 1.54. The number of anilines is 2. The van der Waals surface area contributed by atoms with Crippen molar-refractivity contribution in [1.82, 2.24) is 9.88 Å². The smallest absolute Gasteiger partial charge is 0.255 e. The van der Waals surface area contributed by atoms with Crippen molar-refractivity contribution < 1.29 is 14.3 Å². The third-order valence-corrected chi connectivity index (χ3v) is 4.94. The molecule has 29 heavy (non-hydrogen) atoms. The number of fused-ring (bicyclic) bond motifs is 1. The quantitative estimate of drug-likeness (QED) is 0.700. The lowest BCUT2D eigenvalue weighted by atomic mass is 10.0. The molecule has 0 aliphatic carbocycles. The Balaban J connectivity index is 1.75. The summed E-state index contributed by atoms with van der Waals surface area (Å²) in [4.78, 5) is 32.0. The molecule has 7 nitrogen and oxygen atoms in total. The molecular formula is C22H20N4O3. The highest BCUT2D eigenvalue weighted by Gasteiger charge is 2.38. The first-order valence-electron chi connectivity index (χ1n) is 9.13. The Bertz CT molecular complexity index is 1080. The SMILES string of the molecule is COc1ccccc1C(C(=O)Nc1cccnc1N)N1Cc2ccccc2C1=O. The van der Waals surface area contributed by atoms with Crippen LogP contribution in [0.15, 0.2) is 66.9 Å². The number of nitrogens with one attached hydrogen (secondary N) is 1. The Kier molecular flexibility index (Phi) is 4.87. The molecule has 1 atom stereocenters. The molecule has 0 saturated heterocycles. The predicted molar refractivity (Wildman–Crippen MR) is 109 cm³/mol. The molecule has 3 N–H and O–H groups in total. The minimum atomic E-state index is -0.898. The standard InChI is InChI=1S/C22H20N4O3/c1-29-18-11-5-4-9-16(18)19(21(27)25-17-10-6-12-24-20(17)23)26-13-14-7-2-3-8-15(14)22(26)28/h2-12,19H,13H2,1H3,(H2,23,24)(H,25,27). The zero-order valence-corrected chi connectivity index (χ0v) is 15.8. The number of ether oxygens (including phenoxy) is 1. The van der Waals surface area contributed by atoms with Gasteiger partial charge in [0.25, 0.3) is 11.8 Å². The summed E-state index contributed by atoms with van der Waals surface area (Å²) < 4.78 is 5.47. The van der Waals surface area contributed by atoms with Crippen molar-refractivity contribution in [2.45, 2.75) is 12.6 Å². The number of hydrogen-bond donors (Lipinski definition) is 2. The van der Waals surface area contributed by atoms with Crippen LogP contribution in [-0.2, 0) is 11.3 Å². The minimum absolute atomic E-state index is 0.203. The predicted octanol–water partition coefficient (Wildman–Crippen LogP) is 3.01. The third kappa shape index (κ3) is 3.38. The van der Waals surface area contributed by atoms with Crippen LogP contribution < -0.4 is 15.8 Å². The van der Waals surface area contributed by atoms with Crippen LogP contribution in [0.25, 0.3) is 0 Å². The normalized spacial score (nSPS) is 13.7. The van der Waals surface area contributed by atoms with Crippen LogP contribution in [0, 0.1) is 0 Å². The summed E-state index contributed by atoms with van der Waals surface area (Å²) in [6, 6.07) is 17.0. The number of benzene rings is 2. The van der Waals surface area contributed by atoms with Crippen LogP contribution in [0.5, 0.6) is 5.75 Å². The van der Waals surface area contributed by atoms with Crippen molar-refractivity contribution in [2.24, 2.45) is 0 Å². The van der Waals surface area contributed by atoms with Crippen LogP contribution in [0.4, 0.5) is 11.5 Å². The van der Waals surface area contributed by atoms with Gasteiger partial charge in [-0.2, -0.15) is 0 Å². The minimum Gasteiger partial charge on any atom is -0.496 e. The molecule has 2 heterocycles. The lowest BCUT2D eigenvalue weighted by Crippen LogP contribution is -2.38. The maximum atomic E-state index is 13.4. The van der Waals surface area contributed by atoms with E-state index in [1.165, 1.54) is 7.11 Å². The third-order valence-electron chi connectivity index (χ3n) is 4.94. The number of nitrogens with two attached hydrogens (primary N) is 1. The van der Waals surface area contributed by atoms with E-state index in [1.807, 2.05) is 30.3 Å². The Morgan fingerprint density at radius 1 is 1.14 bits per heavy atom. The number of para-hydroxylation sites is 1. The lowest BCUT2D eigenvalue weighted by Gasteiger charge is -2.28. The molecule has 146 valence electrons. The fourth-order valence-corrected chi connectivity index (χ4v) is 3.55. The van der Waals surface area contributed by atoms with Gasteiger partial charge in [-0.3, -0.25) is 9.59 Å². The van der Waals surface area contributed by atoms with E-state index in [2.05, 4.69) is 10.3 Å². The zero-order valence-electron chi connectivity index (χ0n) is 15.8. The molecule has 1 aliphatic rings. The first kappa shape index (κ1) is 18.5. The van der Waals surface area contributed by atoms with Crippen LogP contribution >= 0.6 is 0 Å². The van der Waals surface area contributed by atoms with Gasteiger partial charge < -0.3 is 20.7 Å². The molecule has 0 spiro atoms. The maximum absolute atomic E-state index is 13.4. The molecule has 4 rings (SSSR count). The molecule has 2 amide bonds. The fraction of sp³-hybridized carbons (Fsp3) is 0.136. The monoisotopic (exact) mass is 388 g/mol. The van der Waals surface area contributed by atoms with E-state index in [4.69, 9.17) is 10.5 Å². The van der Waals surface area contributed by atoms with Crippen LogP contribution in [-0.4, -0.2) is 28.8 Å². The van der Waals surface area contributed by atoms with Crippen LogP contribution in [0.2, 0.25) is 0 Å². The summed E-state index contributed by atoms with van der Waals surface area (Å²) in [5.41, 5.74) is 8.35.